The highest BCUT2D eigenvalue weighted by Crippen LogP contribution is 2.36. The Balaban J connectivity index is 1.04. The first-order chi connectivity index (χ1) is 23.0. The minimum atomic E-state index is -4.90. The number of aromatic carboxylic acids is 1. The summed E-state index contributed by atoms with van der Waals surface area (Å²) < 4.78 is 47.2. The minimum absolute atomic E-state index is 0.0598. The Morgan fingerprint density at radius 3 is 2.21 bits per heavy atom. The number of piperazine rings is 1. The number of aromatic nitrogens is 2. The zero-order valence-electron chi connectivity index (χ0n) is 25.6. The number of hydrogen-bond acceptors (Lipinski definition) is 8. The predicted molar refractivity (Wildman–Crippen MR) is 171 cm³/mol. The molecule has 12 nitrogen and oxygen atoms in total. The number of pyridine rings is 1. The zero-order chi connectivity index (χ0) is 33.8. The molecule has 0 radical (unpaired) electrons. The fraction of sp³-hybridized carbons (Fsp3) is 0.303. The standard InChI is InChI=1S/C33H32F3N7O5/c34-33(35,36)28-27(48-32(40-28)43-13-11-22(12-14-43)21-5-2-1-3-6-21)29(44)38-25-9-10-26(37-20-25)41-15-17-42(18-16-41)31(47)39-24-8-4-7-23(19-24)30(45)46/h1-10,19-20,22H,11-18H2,(H,38,44)(H,39,47)(H,45,46). The highest BCUT2D eigenvalue weighted by Gasteiger charge is 2.42. The molecule has 0 aliphatic carbocycles. The summed E-state index contributed by atoms with van der Waals surface area (Å²) in [5, 5.41) is 14.3. The van der Waals surface area contributed by atoms with Crippen molar-refractivity contribution in [3.05, 3.63) is 95.5 Å². The smallest absolute Gasteiger partial charge is 0.437 e. The van der Waals surface area contributed by atoms with E-state index in [1.165, 1.54) is 30.0 Å². The number of carbonyl (C=O) groups excluding carboxylic acids is 2. The second-order valence-corrected chi connectivity index (χ2v) is 11.5. The maximum Gasteiger partial charge on any atom is 0.437 e. The number of urea groups is 1. The van der Waals surface area contributed by atoms with E-state index in [-0.39, 0.29) is 29.2 Å². The second-order valence-electron chi connectivity index (χ2n) is 11.5. The molecular formula is C33H32F3N7O5. The van der Waals surface area contributed by atoms with Crippen LogP contribution in [-0.2, 0) is 6.18 Å². The molecule has 0 spiro atoms. The summed E-state index contributed by atoms with van der Waals surface area (Å²) >= 11 is 0. The number of nitrogens with one attached hydrogen (secondary N) is 2. The van der Waals surface area contributed by atoms with Gasteiger partial charge in [0, 0.05) is 45.0 Å². The van der Waals surface area contributed by atoms with Crippen LogP contribution < -0.4 is 20.4 Å². The Bertz CT molecular complexity index is 1770. The number of anilines is 4. The lowest BCUT2D eigenvalue weighted by molar-refractivity contribution is -0.141. The summed E-state index contributed by atoms with van der Waals surface area (Å²) in [5.41, 5.74) is 0.382. The molecule has 2 fully saturated rings. The van der Waals surface area contributed by atoms with E-state index < -0.39 is 29.5 Å². The topological polar surface area (TPSA) is 144 Å². The lowest BCUT2D eigenvalue weighted by Crippen LogP contribution is -2.50. The second kappa shape index (κ2) is 13.6. The number of oxazole rings is 1. The van der Waals surface area contributed by atoms with Gasteiger partial charge in [-0.15, -0.1) is 0 Å². The van der Waals surface area contributed by atoms with E-state index in [0.29, 0.717) is 63.6 Å². The van der Waals surface area contributed by atoms with Gasteiger partial charge in [0.2, 0.25) is 5.76 Å². The molecule has 15 heteroatoms. The largest absolute Gasteiger partial charge is 0.478 e. The number of benzene rings is 2. The number of piperidine rings is 1. The molecule has 3 amide bonds. The van der Waals surface area contributed by atoms with Crippen LogP contribution in [0.2, 0.25) is 0 Å². The fourth-order valence-corrected chi connectivity index (χ4v) is 5.83. The third-order valence-electron chi connectivity index (χ3n) is 8.38. The quantitative estimate of drug-likeness (QED) is 0.224. The molecule has 2 aliphatic rings. The number of alkyl halides is 3. The van der Waals surface area contributed by atoms with Crippen molar-refractivity contribution < 1.29 is 37.1 Å². The van der Waals surface area contributed by atoms with Gasteiger partial charge in [-0.3, -0.25) is 4.79 Å². The summed E-state index contributed by atoms with van der Waals surface area (Å²) in [7, 11) is 0. The molecular weight excluding hydrogens is 631 g/mol. The molecule has 0 saturated carbocycles. The Kier molecular flexibility index (Phi) is 9.19. The molecule has 6 rings (SSSR count). The van der Waals surface area contributed by atoms with Crippen LogP contribution in [0.1, 0.15) is 50.9 Å². The Morgan fingerprint density at radius 1 is 0.833 bits per heavy atom. The summed E-state index contributed by atoms with van der Waals surface area (Å²) in [4.78, 5) is 50.1. The number of amides is 3. The average molecular weight is 664 g/mol. The van der Waals surface area contributed by atoms with E-state index in [1.54, 1.807) is 28.0 Å². The van der Waals surface area contributed by atoms with Crippen molar-refractivity contribution in [2.24, 2.45) is 0 Å². The van der Waals surface area contributed by atoms with E-state index in [1.807, 2.05) is 35.2 Å². The van der Waals surface area contributed by atoms with Crippen molar-refractivity contribution in [3.63, 3.8) is 0 Å². The molecule has 0 atom stereocenters. The Morgan fingerprint density at radius 2 is 1.56 bits per heavy atom. The zero-order valence-corrected chi connectivity index (χ0v) is 25.6. The first-order valence-corrected chi connectivity index (χ1v) is 15.3. The molecule has 2 aromatic carbocycles. The first-order valence-electron chi connectivity index (χ1n) is 15.3. The van der Waals surface area contributed by atoms with Crippen LogP contribution in [-0.4, -0.2) is 77.2 Å². The van der Waals surface area contributed by atoms with Gasteiger partial charge in [-0.25, -0.2) is 14.6 Å². The molecule has 0 unspecified atom stereocenters. The van der Waals surface area contributed by atoms with E-state index in [4.69, 9.17) is 9.52 Å². The number of carboxylic acids is 1. The molecule has 4 aromatic rings. The van der Waals surface area contributed by atoms with Crippen LogP contribution in [0.4, 0.5) is 41.2 Å². The van der Waals surface area contributed by atoms with Crippen LogP contribution in [0.25, 0.3) is 0 Å². The molecule has 0 bridgehead atoms. The van der Waals surface area contributed by atoms with Gasteiger partial charge in [-0.1, -0.05) is 36.4 Å². The molecule has 4 heterocycles. The highest BCUT2D eigenvalue weighted by atomic mass is 19.4. The third kappa shape index (κ3) is 7.35. The summed E-state index contributed by atoms with van der Waals surface area (Å²) in [6.45, 7) is 2.48. The van der Waals surface area contributed by atoms with Gasteiger partial charge in [0.25, 0.3) is 11.9 Å². The Labute approximate surface area is 273 Å². The number of hydrogen-bond donors (Lipinski definition) is 3. The van der Waals surface area contributed by atoms with Gasteiger partial charge < -0.3 is 34.9 Å². The van der Waals surface area contributed by atoms with Crippen molar-refractivity contribution >= 4 is 41.1 Å². The van der Waals surface area contributed by atoms with Gasteiger partial charge in [-0.2, -0.15) is 18.2 Å². The highest BCUT2D eigenvalue weighted by molar-refractivity contribution is 6.03. The van der Waals surface area contributed by atoms with E-state index in [9.17, 15) is 27.6 Å². The molecule has 2 aliphatic heterocycles. The third-order valence-corrected chi connectivity index (χ3v) is 8.38. The SMILES string of the molecule is O=C(O)c1cccc(NC(=O)N2CCN(c3ccc(NC(=O)c4oc(N5CCC(c6ccccc6)CC5)nc4C(F)(F)F)cn3)CC2)c1. The van der Waals surface area contributed by atoms with Gasteiger partial charge in [0.1, 0.15) is 5.82 Å². The number of carbonyl (C=O) groups is 3. The minimum Gasteiger partial charge on any atom is -0.478 e. The van der Waals surface area contributed by atoms with Crippen molar-refractivity contribution in [2.75, 3.05) is 59.7 Å². The molecule has 48 heavy (non-hydrogen) atoms. The van der Waals surface area contributed by atoms with Gasteiger partial charge in [-0.05, 0) is 54.7 Å². The van der Waals surface area contributed by atoms with Gasteiger partial charge >= 0.3 is 18.2 Å². The number of carboxylic acid groups (broad SMARTS) is 1. The van der Waals surface area contributed by atoms with Crippen LogP contribution in [0.3, 0.4) is 0 Å². The fourth-order valence-electron chi connectivity index (χ4n) is 5.83. The van der Waals surface area contributed by atoms with Crippen molar-refractivity contribution in [1.82, 2.24) is 14.9 Å². The molecule has 3 N–H and O–H groups in total. The van der Waals surface area contributed by atoms with Crippen molar-refractivity contribution in [1.29, 1.82) is 0 Å². The van der Waals surface area contributed by atoms with Crippen LogP contribution in [0, 0.1) is 0 Å². The van der Waals surface area contributed by atoms with Crippen LogP contribution >= 0.6 is 0 Å². The number of halogens is 3. The van der Waals surface area contributed by atoms with Crippen molar-refractivity contribution in [2.45, 2.75) is 24.9 Å². The molecule has 2 saturated heterocycles. The van der Waals surface area contributed by atoms with Gasteiger partial charge in [0.15, 0.2) is 5.69 Å². The molecule has 2 aromatic heterocycles. The number of nitrogens with zero attached hydrogens (tertiary/aromatic N) is 5. The number of rotatable bonds is 7. The van der Waals surface area contributed by atoms with Crippen molar-refractivity contribution in [3.8, 4) is 0 Å². The summed E-state index contributed by atoms with van der Waals surface area (Å²) in [5.74, 6) is -2.28. The maximum atomic E-state index is 13.9. The molecule has 250 valence electrons. The lowest BCUT2D eigenvalue weighted by atomic mass is 9.90. The van der Waals surface area contributed by atoms with E-state index >= 15 is 0 Å². The average Bonchev–Trinajstić information content (AvgIpc) is 3.56. The van der Waals surface area contributed by atoms with Gasteiger partial charge in [0.05, 0.1) is 17.4 Å². The van der Waals surface area contributed by atoms with E-state index in [2.05, 4.69) is 20.6 Å². The normalized spacial score (nSPS) is 15.7. The monoisotopic (exact) mass is 663 g/mol. The maximum absolute atomic E-state index is 13.9. The Hall–Kier alpha value is -5.60. The van der Waals surface area contributed by atoms with E-state index in [0.717, 1.165) is 0 Å². The van der Waals surface area contributed by atoms with Crippen LogP contribution in [0.5, 0.6) is 0 Å². The predicted octanol–water partition coefficient (Wildman–Crippen LogP) is 5.78. The van der Waals surface area contributed by atoms with Crippen LogP contribution in [0.15, 0.2) is 77.3 Å². The first kappa shape index (κ1) is 32.3. The summed E-state index contributed by atoms with van der Waals surface area (Å²) in [6.07, 6.45) is -2.15. The summed E-state index contributed by atoms with van der Waals surface area (Å²) in [6, 6.07) is 18.4. The lowest BCUT2D eigenvalue weighted by Gasteiger charge is -2.35.